The van der Waals surface area contributed by atoms with E-state index in [-0.39, 0.29) is 18.3 Å². The van der Waals surface area contributed by atoms with Crippen LogP contribution in [0.2, 0.25) is 0 Å². The highest BCUT2D eigenvalue weighted by molar-refractivity contribution is 7.14. The molecule has 1 aliphatic carbocycles. The summed E-state index contributed by atoms with van der Waals surface area (Å²) in [4.78, 5) is 14.4. The third-order valence-corrected chi connectivity index (χ3v) is 4.88. The zero-order chi connectivity index (χ0) is 11.7. The molecule has 0 unspecified atom stereocenters. The molecule has 0 spiro atoms. The van der Waals surface area contributed by atoms with Crippen molar-refractivity contribution < 1.29 is 4.79 Å². The Hall–Kier alpha value is -0.580. The second-order valence-corrected chi connectivity index (χ2v) is 6.05. The van der Waals surface area contributed by atoms with Gasteiger partial charge < -0.3 is 10.6 Å². The third-order valence-electron chi connectivity index (χ3n) is 3.64. The van der Waals surface area contributed by atoms with Gasteiger partial charge in [0.1, 0.15) is 0 Å². The van der Waals surface area contributed by atoms with Crippen molar-refractivity contribution in [1.82, 2.24) is 10.6 Å². The van der Waals surface area contributed by atoms with Crippen LogP contribution in [0.3, 0.4) is 0 Å². The van der Waals surface area contributed by atoms with E-state index in [1.807, 2.05) is 0 Å². The zero-order valence-electron chi connectivity index (χ0n) is 10.3. The van der Waals surface area contributed by atoms with Crippen LogP contribution < -0.4 is 10.6 Å². The molecule has 18 heavy (non-hydrogen) atoms. The van der Waals surface area contributed by atoms with Gasteiger partial charge in [0.15, 0.2) is 0 Å². The van der Waals surface area contributed by atoms with E-state index in [0.717, 1.165) is 37.2 Å². The lowest BCUT2D eigenvalue weighted by atomic mass is 10.1. The van der Waals surface area contributed by atoms with Gasteiger partial charge in [-0.05, 0) is 56.8 Å². The Labute approximate surface area is 118 Å². The van der Waals surface area contributed by atoms with E-state index >= 15 is 0 Å². The van der Waals surface area contributed by atoms with E-state index in [1.165, 1.54) is 23.3 Å². The molecule has 1 aliphatic heterocycles. The van der Waals surface area contributed by atoms with Crippen LogP contribution in [0.1, 0.15) is 39.4 Å². The summed E-state index contributed by atoms with van der Waals surface area (Å²) in [5.41, 5.74) is 1.41. The molecule has 2 aliphatic rings. The van der Waals surface area contributed by atoms with Crippen molar-refractivity contribution in [3.8, 4) is 0 Å². The van der Waals surface area contributed by atoms with Gasteiger partial charge in [-0.15, -0.1) is 23.7 Å². The molecule has 2 heterocycles. The molecule has 1 aromatic heterocycles. The van der Waals surface area contributed by atoms with Gasteiger partial charge in [0.25, 0.3) is 5.91 Å². The van der Waals surface area contributed by atoms with Crippen LogP contribution in [0.25, 0.3) is 0 Å². The van der Waals surface area contributed by atoms with Crippen molar-refractivity contribution in [1.29, 1.82) is 0 Å². The normalized spacial score (nSPS) is 19.1. The molecule has 1 aromatic rings. The largest absolute Gasteiger partial charge is 0.349 e. The third kappa shape index (κ3) is 2.87. The fourth-order valence-electron chi connectivity index (χ4n) is 2.66. The summed E-state index contributed by atoms with van der Waals surface area (Å²) in [5.74, 6) is 0.135. The van der Waals surface area contributed by atoms with E-state index in [9.17, 15) is 4.79 Å². The van der Waals surface area contributed by atoms with Crippen molar-refractivity contribution in [2.45, 2.75) is 38.1 Å². The van der Waals surface area contributed by atoms with Crippen molar-refractivity contribution in [3.05, 3.63) is 21.4 Å². The molecule has 0 saturated carbocycles. The summed E-state index contributed by atoms with van der Waals surface area (Å²) in [7, 11) is 0. The minimum absolute atomic E-state index is 0. The van der Waals surface area contributed by atoms with Gasteiger partial charge in [0.05, 0.1) is 4.88 Å². The summed E-state index contributed by atoms with van der Waals surface area (Å²) >= 11 is 1.69. The minimum atomic E-state index is 0. The number of hydrogen-bond donors (Lipinski definition) is 2. The smallest absolute Gasteiger partial charge is 0.261 e. The summed E-state index contributed by atoms with van der Waals surface area (Å²) in [6.45, 7) is 2.04. The molecule has 0 radical (unpaired) electrons. The number of rotatable bonds is 2. The topological polar surface area (TPSA) is 41.1 Å². The lowest BCUT2D eigenvalue weighted by Crippen LogP contribution is -2.42. The summed E-state index contributed by atoms with van der Waals surface area (Å²) in [6.07, 6.45) is 5.69. The van der Waals surface area contributed by atoms with Gasteiger partial charge >= 0.3 is 0 Å². The number of piperidine rings is 1. The Bertz CT molecular complexity index is 405. The molecule has 0 aromatic carbocycles. The highest BCUT2D eigenvalue weighted by Gasteiger charge is 2.21. The molecular weight excluding hydrogens is 268 g/mol. The first-order valence-corrected chi connectivity index (χ1v) is 7.28. The first-order valence-electron chi connectivity index (χ1n) is 6.46. The van der Waals surface area contributed by atoms with Crippen molar-refractivity contribution >= 4 is 29.7 Å². The Morgan fingerprint density at radius 3 is 2.83 bits per heavy atom. The zero-order valence-corrected chi connectivity index (χ0v) is 12.0. The summed E-state index contributed by atoms with van der Waals surface area (Å²) < 4.78 is 0. The van der Waals surface area contributed by atoms with Gasteiger partial charge in [-0.2, -0.15) is 0 Å². The molecule has 3 nitrogen and oxygen atoms in total. The lowest BCUT2D eigenvalue weighted by molar-refractivity contribution is 0.0933. The second-order valence-electron chi connectivity index (χ2n) is 4.91. The van der Waals surface area contributed by atoms with E-state index in [4.69, 9.17) is 0 Å². The molecule has 5 heteroatoms. The van der Waals surface area contributed by atoms with Gasteiger partial charge in [0, 0.05) is 10.9 Å². The molecule has 1 fully saturated rings. The first-order chi connectivity index (χ1) is 8.33. The number of carbonyl (C=O) groups excluding carboxylic acids is 1. The van der Waals surface area contributed by atoms with Crippen LogP contribution in [0.5, 0.6) is 0 Å². The molecule has 1 saturated heterocycles. The highest BCUT2D eigenvalue weighted by atomic mass is 35.5. The average Bonchev–Trinajstić information content (AvgIpc) is 2.90. The van der Waals surface area contributed by atoms with Crippen LogP contribution in [0.4, 0.5) is 0 Å². The summed E-state index contributed by atoms with van der Waals surface area (Å²) in [5, 5.41) is 6.47. The number of carbonyl (C=O) groups is 1. The second kappa shape index (κ2) is 6.04. The van der Waals surface area contributed by atoms with Gasteiger partial charge in [-0.3, -0.25) is 4.79 Å². The number of thiophene rings is 1. The average molecular weight is 287 g/mol. The maximum atomic E-state index is 12.1. The fraction of sp³-hybridized carbons (Fsp3) is 0.615. The Morgan fingerprint density at radius 1 is 1.33 bits per heavy atom. The fourth-order valence-corrected chi connectivity index (χ4v) is 3.82. The Morgan fingerprint density at radius 2 is 2.11 bits per heavy atom. The maximum absolute atomic E-state index is 12.1. The standard InChI is InChI=1S/C13H18N2OS.ClH/c16-13(15-10-4-6-14-7-5-10)12-8-9-2-1-3-11(9)17-12;/h8,10,14H,1-7H2,(H,15,16);1H. The predicted octanol–water partition coefficient (Wildman–Crippen LogP) is 2.14. The Balaban J connectivity index is 0.00000120. The van der Waals surface area contributed by atoms with Crippen LogP contribution >= 0.6 is 23.7 Å². The van der Waals surface area contributed by atoms with E-state index in [0.29, 0.717) is 6.04 Å². The van der Waals surface area contributed by atoms with E-state index in [1.54, 1.807) is 11.3 Å². The molecule has 0 atom stereocenters. The summed E-state index contributed by atoms with van der Waals surface area (Å²) in [6, 6.07) is 2.46. The van der Waals surface area contributed by atoms with Crippen molar-refractivity contribution in [2.24, 2.45) is 0 Å². The quantitative estimate of drug-likeness (QED) is 0.875. The molecular formula is C13H19ClN2OS. The number of halogens is 1. The van der Waals surface area contributed by atoms with E-state index in [2.05, 4.69) is 16.7 Å². The van der Waals surface area contributed by atoms with Gasteiger partial charge in [0.2, 0.25) is 0 Å². The lowest BCUT2D eigenvalue weighted by Gasteiger charge is -2.23. The number of fused-ring (bicyclic) bond motifs is 1. The van der Waals surface area contributed by atoms with Gasteiger partial charge in [-0.1, -0.05) is 0 Å². The molecule has 1 amide bonds. The SMILES string of the molecule is Cl.O=C(NC1CCNCC1)c1cc2c(s1)CCC2. The Kier molecular flexibility index (Phi) is 4.65. The number of hydrogen-bond acceptors (Lipinski definition) is 3. The maximum Gasteiger partial charge on any atom is 0.261 e. The molecule has 100 valence electrons. The number of aryl methyl sites for hydroxylation is 2. The van der Waals surface area contributed by atoms with Crippen LogP contribution in [0.15, 0.2) is 6.07 Å². The first kappa shape index (κ1) is 13.8. The molecule has 0 bridgehead atoms. The highest BCUT2D eigenvalue weighted by Crippen LogP contribution is 2.30. The van der Waals surface area contributed by atoms with Gasteiger partial charge in [-0.25, -0.2) is 0 Å². The van der Waals surface area contributed by atoms with Crippen LogP contribution in [-0.4, -0.2) is 25.0 Å². The predicted molar refractivity (Wildman–Crippen MR) is 76.9 cm³/mol. The number of amides is 1. The van der Waals surface area contributed by atoms with Crippen molar-refractivity contribution in [2.75, 3.05) is 13.1 Å². The monoisotopic (exact) mass is 286 g/mol. The molecule has 2 N–H and O–H groups in total. The van der Waals surface area contributed by atoms with Crippen LogP contribution in [0, 0.1) is 0 Å². The number of nitrogens with one attached hydrogen (secondary N) is 2. The molecule has 3 rings (SSSR count). The van der Waals surface area contributed by atoms with E-state index < -0.39 is 0 Å². The van der Waals surface area contributed by atoms with Crippen LogP contribution in [-0.2, 0) is 12.8 Å². The van der Waals surface area contributed by atoms with Crippen molar-refractivity contribution in [3.63, 3.8) is 0 Å². The minimum Gasteiger partial charge on any atom is -0.349 e.